The van der Waals surface area contributed by atoms with Crippen LogP contribution >= 0.6 is 23.4 Å². The molecular weight excluding hydrogens is 300 g/mol. The molecule has 1 heterocycles. The van der Waals surface area contributed by atoms with Crippen molar-refractivity contribution in [2.24, 2.45) is 0 Å². The average molecular weight is 319 g/mol. The maximum absolute atomic E-state index is 6.27. The first-order valence-electron chi connectivity index (χ1n) is 7.32. The van der Waals surface area contributed by atoms with Crippen LogP contribution in [0.1, 0.15) is 30.0 Å². The Labute approximate surface area is 135 Å². The number of fused-ring (bicyclic) bond motifs is 1. The van der Waals surface area contributed by atoms with Crippen LogP contribution in [-0.2, 0) is 6.42 Å². The summed E-state index contributed by atoms with van der Waals surface area (Å²) in [5.41, 5.74) is 2.88. The molecule has 3 rings (SSSR count). The molecule has 1 aromatic carbocycles. The SMILES string of the molecule is CNC1c2ccccc2CCCC1Sc1ncccc1Cl. The van der Waals surface area contributed by atoms with Crippen molar-refractivity contribution < 1.29 is 0 Å². The fourth-order valence-electron chi connectivity index (χ4n) is 3.00. The molecule has 0 saturated heterocycles. The van der Waals surface area contributed by atoms with Gasteiger partial charge in [-0.1, -0.05) is 47.6 Å². The van der Waals surface area contributed by atoms with Crippen LogP contribution in [0.2, 0.25) is 5.02 Å². The summed E-state index contributed by atoms with van der Waals surface area (Å²) in [5, 5.41) is 5.63. The van der Waals surface area contributed by atoms with E-state index in [9.17, 15) is 0 Å². The quantitative estimate of drug-likeness (QED) is 0.844. The first-order valence-corrected chi connectivity index (χ1v) is 8.57. The van der Waals surface area contributed by atoms with E-state index in [1.54, 1.807) is 11.8 Å². The minimum absolute atomic E-state index is 0.340. The van der Waals surface area contributed by atoms with Crippen LogP contribution in [0, 0.1) is 0 Å². The van der Waals surface area contributed by atoms with Crippen molar-refractivity contribution in [1.29, 1.82) is 0 Å². The zero-order valence-electron chi connectivity index (χ0n) is 12.1. The third-order valence-electron chi connectivity index (χ3n) is 4.00. The van der Waals surface area contributed by atoms with Gasteiger partial charge in [0.1, 0.15) is 5.03 Å². The molecule has 110 valence electrons. The molecular formula is C17H19ClN2S. The number of halogens is 1. The Bertz CT molecular complexity index is 617. The van der Waals surface area contributed by atoms with E-state index in [2.05, 4.69) is 34.6 Å². The van der Waals surface area contributed by atoms with Crippen LogP contribution in [0.5, 0.6) is 0 Å². The van der Waals surface area contributed by atoms with Gasteiger partial charge in [-0.05, 0) is 49.6 Å². The van der Waals surface area contributed by atoms with Gasteiger partial charge in [0.05, 0.1) is 5.02 Å². The summed E-state index contributed by atoms with van der Waals surface area (Å²) in [6.45, 7) is 0. The maximum Gasteiger partial charge on any atom is 0.115 e. The van der Waals surface area contributed by atoms with Gasteiger partial charge in [-0.2, -0.15) is 0 Å². The zero-order valence-corrected chi connectivity index (χ0v) is 13.6. The highest BCUT2D eigenvalue weighted by atomic mass is 35.5. The highest BCUT2D eigenvalue weighted by Gasteiger charge is 2.28. The highest BCUT2D eigenvalue weighted by molar-refractivity contribution is 8.00. The van der Waals surface area contributed by atoms with E-state index in [-0.39, 0.29) is 0 Å². The van der Waals surface area contributed by atoms with Crippen molar-refractivity contribution in [2.75, 3.05) is 7.05 Å². The molecule has 2 aromatic rings. The van der Waals surface area contributed by atoms with E-state index in [1.807, 2.05) is 25.4 Å². The fraction of sp³-hybridized carbons (Fsp3) is 0.353. The number of benzene rings is 1. The Morgan fingerprint density at radius 3 is 2.90 bits per heavy atom. The number of rotatable bonds is 3. The van der Waals surface area contributed by atoms with E-state index < -0.39 is 0 Å². The molecule has 0 amide bonds. The summed E-state index contributed by atoms with van der Waals surface area (Å²) < 4.78 is 0. The molecule has 1 aliphatic carbocycles. The molecule has 0 spiro atoms. The van der Waals surface area contributed by atoms with Crippen LogP contribution in [0.25, 0.3) is 0 Å². The number of aromatic nitrogens is 1. The lowest BCUT2D eigenvalue weighted by Crippen LogP contribution is -2.27. The standard InChI is InChI=1S/C17H19ClN2S/c1-19-16-13-8-3-2-6-12(13)7-4-10-15(16)21-17-14(18)9-5-11-20-17/h2-3,5-6,8-9,11,15-16,19H,4,7,10H2,1H3. The first kappa shape index (κ1) is 14.9. The van der Waals surface area contributed by atoms with Gasteiger partial charge in [-0.15, -0.1) is 0 Å². The molecule has 1 aliphatic rings. The molecule has 2 nitrogen and oxygen atoms in total. The molecule has 0 radical (unpaired) electrons. The Morgan fingerprint density at radius 2 is 2.10 bits per heavy atom. The lowest BCUT2D eigenvalue weighted by atomic mass is 9.99. The van der Waals surface area contributed by atoms with Gasteiger partial charge < -0.3 is 5.32 Å². The maximum atomic E-state index is 6.27. The van der Waals surface area contributed by atoms with Crippen LogP contribution in [0.15, 0.2) is 47.6 Å². The number of hydrogen-bond acceptors (Lipinski definition) is 3. The summed E-state index contributed by atoms with van der Waals surface area (Å²) in [6.07, 6.45) is 5.34. The Balaban J connectivity index is 1.90. The van der Waals surface area contributed by atoms with E-state index in [0.29, 0.717) is 11.3 Å². The summed E-state index contributed by atoms with van der Waals surface area (Å²) >= 11 is 8.07. The minimum atomic E-state index is 0.340. The van der Waals surface area contributed by atoms with E-state index in [1.165, 1.54) is 17.5 Å². The van der Waals surface area contributed by atoms with Crippen molar-refractivity contribution in [3.05, 3.63) is 58.7 Å². The molecule has 0 bridgehead atoms. The third kappa shape index (κ3) is 3.25. The second-order valence-corrected chi connectivity index (χ2v) is 6.94. The Hall–Kier alpha value is -1.03. The summed E-state index contributed by atoms with van der Waals surface area (Å²) in [5.74, 6) is 0. The molecule has 0 aliphatic heterocycles. The van der Waals surface area contributed by atoms with E-state index in [0.717, 1.165) is 22.9 Å². The van der Waals surface area contributed by atoms with Gasteiger partial charge in [-0.3, -0.25) is 0 Å². The van der Waals surface area contributed by atoms with E-state index >= 15 is 0 Å². The van der Waals surface area contributed by atoms with Crippen molar-refractivity contribution >= 4 is 23.4 Å². The predicted molar refractivity (Wildman–Crippen MR) is 90.1 cm³/mol. The number of nitrogens with one attached hydrogen (secondary N) is 1. The van der Waals surface area contributed by atoms with Crippen LogP contribution in [-0.4, -0.2) is 17.3 Å². The lowest BCUT2D eigenvalue weighted by Gasteiger charge is -2.25. The Kier molecular flexibility index (Phi) is 4.84. The minimum Gasteiger partial charge on any atom is -0.312 e. The molecule has 1 N–H and O–H groups in total. The van der Waals surface area contributed by atoms with Crippen molar-refractivity contribution in [3.63, 3.8) is 0 Å². The molecule has 1 aromatic heterocycles. The van der Waals surface area contributed by atoms with Crippen LogP contribution in [0.4, 0.5) is 0 Å². The van der Waals surface area contributed by atoms with Crippen molar-refractivity contribution in [2.45, 2.75) is 35.6 Å². The third-order valence-corrected chi connectivity index (χ3v) is 5.77. The van der Waals surface area contributed by atoms with Gasteiger partial charge in [0.25, 0.3) is 0 Å². The van der Waals surface area contributed by atoms with Crippen molar-refractivity contribution in [1.82, 2.24) is 10.3 Å². The smallest absolute Gasteiger partial charge is 0.115 e. The number of hydrogen-bond donors (Lipinski definition) is 1. The Morgan fingerprint density at radius 1 is 1.24 bits per heavy atom. The van der Waals surface area contributed by atoms with Crippen LogP contribution < -0.4 is 5.32 Å². The van der Waals surface area contributed by atoms with E-state index in [4.69, 9.17) is 11.6 Å². The molecule has 21 heavy (non-hydrogen) atoms. The lowest BCUT2D eigenvalue weighted by molar-refractivity contribution is 0.547. The number of thioether (sulfide) groups is 1. The molecule has 4 heteroatoms. The zero-order chi connectivity index (χ0) is 14.7. The average Bonchev–Trinajstić information content (AvgIpc) is 2.68. The monoisotopic (exact) mass is 318 g/mol. The normalized spacial score (nSPS) is 21.6. The van der Waals surface area contributed by atoms with Gasteiger partial charge in [0.2, 0.25) is 0 Å². The van der Waals surface area contributed by atoms with Gasteiger partial charge in [-0.25, -0.2) is 4.98 Å². The second kappa shape index (κ2) is 6.82. The first-order chi connectivity index (χ1) is 10.3. The number of aryl methyl sites for hydroxylation is 1. The molecule has 2 atom stereocenters. The van der Waals surface area contributed by atoms with Crippen LogP contribution in [0.3, 0.4) is 0 Å². The van der Waals surface area contributed by atoms with Crippen molar-refractivity contribution in [3.8, 4) is 0 Å². The van der Waals surface area contributed by atoms with Gasteiger partial charge >= 0.3 is 0 Å². The predicted octanol–water partition coefficient (Wildman–Crippen LogP) is 4.49. The van der Waals surface area contributed by atoms with Gasteiger partial charge in [0.15, 0.2) is 0 Å². The second-order valence-electron chi connectivity index (χ2n) is 5.30. The summed E-state index contributed by atoms with van der Waals surface area (Å²) in [4.78, 5) is 4.43. The largest absolute Gasteiger partial charge is 0.312 e. The molecule has 0 fully saturated rings. The summed E-state index contributed by atoms with van der Waals surface area (Å²) in [6, 6.07) is 12.9. The summed E-state index contributed by atoms with van der Waals surface area (Å²) in [7, 11) is 2.04. The number of nitrogens with zero attached hydrogens (tertiary/aromatic N) is 1. The molecule has 0 saturated carbocycles. The topological polar surface area (TPSA) is 24.9 Å². The van der Waals surface area contributed by atoms with Gasteiger partial charge in [0, 0.05) is 17.5 Å². The molecule has 2 unspecified atom stereocenters. The fourth-order valence-corrected chi connectivity index (χ4v) is 4.54. The number of pyridine rings is 1. The highest BCUT2D eigenvalue weighted by Crippen LogP contribution is 2.40.